The van der Waals surface area contributed by atoms with E-state index >= 15 is 0 Å². The molecule has 0 unspecified atom stereocenters. The Morgan fingerprint density at radius 1 is 1.11 bits per heavy atom. The molecule has 2 aromatic heterocycles. The standard InChI is InChI=1S/C25H21F2N3O5/c1-13-3-5-17(30-22(13)15-9-18(29-14(2)31)23(33)28-12-15)11-21(32)24(7-8-24)16-4-6-19-20(10-16)35-25(26,27)34-19/h3-6,9-10,12H,7-8,11H2,1-2H3,(H,28,33)(H,29,31). The van der Waals surface area contributed by atoms with Crippen molar-refractivity contribution in [1.29, 1.82) is 0 Å². The zero-order chi connectivity index (χ0) is 25.0. The summed E-state index contributed by atoms with van der Waals surface area (Å²) < 4.78 is 35.8. The fourth-order valence-electron chi connectivity index (χ4n) is 4.30. The Hall–Kier alpha value is -4.08. The summed E-state index contributed by atoms with van der Waals surface area (Å²) in [6, 6.07) is 9.57. The molecule has 180 valence electrons. The van der Waals surface area contributed by atoms with Crippen LogP contribution in [-0.2, 0) is 21.4 Å². The lowest BCUT2D eigenvalue weighted by Crippen LogP contribution is -2.26. The number of nitrogens with one attached hydrogen (secondary N) is 2. The number of carbonyl (C=O) groups excluding carboxylic acids is 2. The SMILES string of the molecule is CC(=O)Nc1cc(-c2nc(CC(=O)C3(c4ccc5c(c4)OC(F)(F)O5)CC3)ccc2C)c[nH]c1=O. The van der Waals surface area contributed by atoms with Crippen LogP contribution in [0.2, 0.25) is 0 Å². The fourth-order valence-corrected chi connectivity index (χ4v) is 4.30. The Balaban J connectivity index is 1.40. The Morgan fingerprint density at radius 3 is 2.57 bits per heavy atom. The van der Waals surface area contributed by atoms with Crippen LogP contribution in [0, 0.1) is 6.92 Å². The van der Waals surface area contributed by atoms with Crippen molar-refractivity contribution < 1.29 is 27.8 Å². The highest BCUT2D eigenvalue weighted by molar-refractivity contribution is 5.94. The van der Waals surface area contributed by atoms with E-state index in [2.05, 4.69) is 24.8 Å². The van der Waals surface area contributed by atoms with Crippen molar-refractivity contribution in [2.24, 2.45) is 0 Å². The average Bonchev–Trinajstić information content (AvgIpc) is 3.53. The molecule has 1 fully saturated rings. The summed E-state index contributed by atoms with van der Waals surface area (Å²) in [6.45, 7) is 3.16. The third-order valence-electron chi connectivity index (χ3n) is 6.22. The van der Waals surface area contributed by atoms with Gasteiger partial charge < -0.3 is 19.8 Å². The maximum absolute atomic E-state index is 13.4. The van der Waals surface area contributed by atoms with E-state index in [1.807, 2.05) is 13.0 Å². The number of halogens is 2. The Labute approximate surface area is 198 Å². The highest BCUT2D eigenvalue weighted by Crippen LogP contribution is 2.52. The molecule has 2 aliphatic rings. The lowest BCUT2D eigenvalue weighted by atomic mass is 9.88. The van der Waals surface area contributed by atoms with Crippen LogP contribution in [0.1, 0.15) is 36.6 Å². The first-order valence-corrected chi connectivity index (χ1v) is 11.0. The van der Waals surface area contributed by atoms with Gasteiger partial charge in [0.25, 0.3) is 5.56 Å². The number of aromatic nitrogens is 2. The van der Waals surface area contributed by atoms with Crippen molar-refractivity contribution in [3.63, 3.8) is 0 Å². The van der Waals surface area contributed by atoms with E-state index in [1.54, 1.807) is 12.1 Å². The van der Waals surface area contributed by atoms with Crippen LogP contribution in [0.5, 0.6) is 11.5 Å². The fraction of sp³-hybridized carbons (Fsp3) is 0.280. The molecule has 1 amide bonds. The second kappa shape index (κ2) is 8.00. The average molecular weight is 481 g/mol. The minimum absolute atomic E-state index is 0.0415. The van der Waals surface area contributed by atoms with Gasteiger partial charge >= 0.3 is 6.29 Å². The summed E-state index contributed by atoms with van der Waals surface area (Å²) in [5.74, 6) is -0.605. The molecule has 3 heterocycles. The van der Waals surface area contributed by atoms with Crippen molar-refractivity contribution in [2.45, 2.75) is 44.8 Å². The monoisotopic (exact) mass is 481 g/mol. The number of amides is 1. The molecule has 2 N–H and O–H groups in total. The number of rotatable bonds is 6. The van der Waals surface area contributed by atoms with Crippen LogP contribution in [0.15, 0.2) is 47.4 Å². The number of H-pyrrole nitrogens is 1. The van der Waals surface area contributed by atoms with Gasteiger partial charge in [-0.25, -0.2) is 0 Å². The highest BCUT2D eigenvalue weighted by atomic mass is 19.3. The first kappa shape index (κ1) is 22.7. The quantitative estimate of drug-likeness (QED) is 0.553. The van der Waals surface area contributed by atoms with Gasteiger partial charge in [0.2, 0.25) is 5.91 Å². The zero-order valence-electron chi connectivity index (χ0n) is 18.9. The van der Waals surface area contributed by atoms with Crippen LogP contribution >= 0.6 is 0 Å². The smallest absolute Gasteiger partial charge is 0.395 e. The molecular formula is C25H21F2N3O5. The highest BCUT2D eigenvalue weighted by Gasteiger charge is 2.52. The number of alkyl halides is 2. The number of nitrogens with zero attached hydrogens (tertiary/aromatic N) is 1. The van der Waals surface area contributed by atoms with Crippen LogP contribution in [0.3, 0.4) is 0 Å². The van der Waals surface area contributed by atoms with Gasteiger partial charge in [0, 0.05) is 30.8 Å². The molecule has 8 nitrogen and oxygen atoms in total. The van der Waals surface area contributed by atoms with E-state index in [0.29, 0.717) is 35.4 Å². The number of ether oxygens (including phenoxy) is 2. The van der Waals surface area contributed by atoms with Crippen LogP contribution in [0.4, 0.5) is 14.5 Å². The minimum Gasteiger partial charge on any atom is -0.395 e. The molecule has 1 saturated carbocycles. The van der Waals surface area contributed by atoms with E-state index in [9.17, 15) is 23.2 Å². The predicted octanol–water partition coefficient (Wildman–Crippen LogP) is 3.87. The first-order chi connectivity index (χ1) is 16.6. The van der Waals surface area contributed by atoms with E-state index in [-0.39, 0.29) is 35.3 Å². The van der Waals surface area contributed by atoms with Gasteiger partial charge in [0.1, 0.15) is 11.5 Å². The Bertz CT molecular complexity index is 1430. The summed E-state index contributed by atoms with van der Waals surface area (Å²) in [4.78, 5) is 44.0. The number of anilines is 1. The normalized spacial score (nSPS) is 16.6. The molecule has 0 atom stereocenters. The van der Waals surface area contributed by atoms with Crippen LogP contribution in [0.25, 0.3) is 11.3 Å². The molecule has 35 heavy (non-hydrogen) atoms. The maximum atomic E-state index is 13.4. The summed E-state index contributed by atoms with van der Waals surface area (Å²) >= 11 is 0. The molecule has 1 aliphatic carbocycles. The number of ketones is 1. The van der Waals surface area contributed by atoms with Crippen LogP contribution < -0.4 is 20.3 Å². The number of hydrogen-bond donors (Lipinski definition) is 2. The zero-order valence-corrected chi connectivity index (χ0v) is 18.9. The van der Waals surface area contributed by atoms with Gasteiger partial charge in [-0.2, -0.15) is 0 Å². The molecule has 5 rings (SSSR count). The third kappa shape index (κ3) is 4.27. The Kier molecular flexibility index (Phi) is 5.19. The van der Waals surface area contributed by atoms with Gasteiger partial charge in [-0.3, -0.25) is 19.4 Å². The first-order valence-electron chi connectivity index (χ1n) is 11.0. The number of pyridine rings is 2. The molecular weight excluding hydrogens is 460 g/mol. The van der Waals surface area contributed by atoms with Crippen LogP contribution in [-0.4, -0.2) is 28.0 Å². The second-order valence-electron chi connectivity index (χ2n) is 8.79. The summed E-state index contributed by atoms with van der Waals surface area (Å²) in [5, 5.41) is 2.49. The van der Waals surface area contributed by atoms with E-state index in [0.717, 1.165) is 5.56 Å². The lowest BCUT2D eigenvalue weighted by molar-refractivity contribution is -0.286. The summed E-state index contributed by atoms with van der Waals surface area (Å²) in [5.41, 5.74) is 1.98. The largest absolute Gasteiger partial charge is 0.586 e. The molecule has 3 aromatic rings. The molecule has 0 spiro atoms. The van der Waals surface area contributed by atoms with Gasteiger partial charge in [-0.05, 0) is 55.2 Å². The van der Waals surface area contributed by atoms with E-state index < -0.39 is 17.3 Å². The number of carbonyl (C=O) groups is 2. The summed E-state index contributed by atoms with van der Waals surface area (Å²) in [6.07, 6.45) is -0.980. The van der Waals surface area contributed by atoms with Gasteiger partial charge in [0.05, 0.1) is 11.1 Å². The van der Waals surface area contributed by atoms with Gasteiger partial charge in [-0.1, -0.05) is 12.1 Å². The minimum atomic E-state index is -3.72. The van der Waals surface area contributed by atoms with Crippen molar-refractivity contribution in [1.82, 2.24) is 9.97 Å². The molecule has 0 radical (unpaired) electrons. The number of hydrogen-bond acceptors (Lipinski definition) is 6. The third-order valence-corrected chi connectivity index (χ3v) is 6.22. The number of benzene rings is 1. The molecule has 10 heteroatoms. The Morgan fingerprint density at radius 2 is 1.86 bits per heavy atom. The summed E-state index contributed by atoms with van der Waals surface area (Å²) in [7, 11) is 0. The molecule has 0 saturated heterocycles. The van der Waals surface area contributed by atoms with Crippen molar-refractivity contribution in [3.05, 3.63) is 69.8 Å². The van der Waals surface area contributed by atoms with E-state index in [1.165, 1.54) is 31.3 Å². The van der Waals surface area contributed by atoms with Crippen molar-refractivity contribution in [2.75, 3.05) is 5.32 Å². The van der Waals surface area contributed by atoms with Crippen molar-refractivity contribution >= 4 is 17.4 Å². The van der Waals surface area contributed by atoms with Crippen molar-refractivity contribution in [3.8, 4) is 22.8 Å². The lowest BCUT2D eigenvalue weighted by Gasteiger charge is -2.16. The molecule has 1 aromatic carbocycles. The number of Topliss-reactive ketones (excluding diaryl/α,β-unsaturated/α-hetero) is 1. The van der Waals surface area contributed by atoms with E-state index in [4.69, 9.17) is 0 Å². The number of aromatic amines is 1. The topological polar surface area (TPSA) is 110 Å². The molecule has 1 aliphatic heterocycles. The number of aryl methyl sites for hydroxylation is 1. The second-order valence-corrected chi connectivity index (χ2v) is 8.79. The molecule has 0 bridgehead atoms. The van der Waals surface area contributed by atoms with Gasteiger partial charge in [-0.15, -0.1) is 8.78 Å². The van der Waals surface area contributed by atoms with Gasteiger partial charge in [0.15, 0.2) is 11.5 Å². The predicted molar refractivity (Wildman–Crippen MR) is 122 cm³/mol. The number of fused-ring (bicyclic) bond motifs is 1. The maximum Gasteiger partial charge on any atom is 0.586 e.